The first-order valence-electron chi connectivity index (χ1n) is 11.0. The summed E-state index contributed by atoms with van der Waals surface area (Å²) in [5.74, 6) is -0.335. The van der Waals surface area contributed by atoms with Crippen molar-refractivity contribution >= 4 is 21.7 Å². The van der Waals surface area contributed by atoms with Crippen molar-refractivity contribution in [1.82, 2.24) is 0 Å². The highest BCUT2D eigenvalue weighted by atomic mass is 32.2. The van der Waals surface area contributed by atoms with Crippen molar-refractivity contribution in [3.05, 3.63) is 77.9 Å². The van der Waals surface area contributed by atoms with Gasteiger partial charge in [-0.3, -0.25) is 4.31 Å². The van der Waals surface area contributed by atoms with E-state index in [2.05, 4.69) is 6.92 Å². The van der Waals surface area contributed by atoms with Gasteiger partial charge in [-0.25, -0.2) is 13.2 Å². The summed E-state index contributed by atoms with van der Waals surface area (Å²) >= 11 is 0. The number of hydrogen-bond donors (Lipinski definition) is 1. The molecule has 1 N–H and O–H groups in total. The smallest absolute Gasteiger partial charge is 0.335 e. The molecule has 33 heavy (non-hydrogen) atoms. The molecule has 0 saturated carbocycles. The fraction of sp³-hybridized carbons (Fsp3) is 0.269. The molecule has 0 fully saturated rings. The summed E-state index contributed by atoms with van der Waals surface area (Å²) in [4.78, 5) is 11.5. The number of carboxylic acid groups (broad SMARTS) is 1. The van der Waals surface area contributed by atoms with Gasteiger partial charge in [-0.15, -0.1) is 0 Å². The van der Waals surface area contributed by atoms with Crippen LogP contribution in [0.4, 0.5) is 5.69 Å². The molecule has 3 aromatic rings. The van der Waals surface area contributed by atoms with Crippen molar-refractivity contribution in [2.45, 2.75) is 38.5 Å². The normalized spacial score (nSPS) is 11.2. The van der Waals surface area contributed by atoms with Crippen molar-refractivity contribution in [3.8, 4) is 16.9 Å². The molecule has 7 heteroatoms. The zero-order chi connectivity index (χ0) is 24.0. The minimum Gasteiger partial charge on any atom is -0.494 e. The van der Waals surface area contributed by atoms with Crippen molar-refractivity contribution in [3.63, 3.8) is 0 Å². The minimum absolute atomic E-state index is 0.0192. The molecule has 0 aromatic heterocycles. The molecule has 0 radical (unpaired) electrons. The Labute approximate surface area is 195 Å². The fourth-order valence-corrected chi connectivity index (χ4v) is 5.08. The number of aryl methyl sites for hydroxylation is 1. The van der Waals surface area contributed by atoms with E-state index in [9.17, 15) is 18.3 Å². The Hall–Kier alpha value is -3.32. The van der Waals surface area contributed by atoms with Crippen LogP contribution in [0.25, 0.3) is 11.1 Å². The second kappa shape index (κ2) is 10.5. The largest absolute Gasteiger partial charge is 0.494 e. The van der Waals surface area contributed by atoms with E-state index < -0.39 is 16.0 Å². The Morgan fingerprint density at radius 2 is 1.52 bits per heavy atom. The number of carbonyl (C=O) groups is 1. The maximum absolute atomic E-state index is 13.4. The number of nitrogens with zero attached hydrogens (tertiary/aromatic N) is 1. The van der Waals surface area contributed by atoms with Crippen LogP contribution in [0.5, 0.6) is 5.75 Å². The quantitative estimate of drug-likeness (QED) is 0.410. The van der Waals surface area contributed by atoms with Gasteiger partial charge in [-0.05, 0) is 72.9 Å². The van der Waals surface area contributed by atoms with Gasteiger partial charge in [0.2, 0.25) is 0 Å². The van der Waals surface area contributed by atoms with Gasteiger partial charge in [0.25, 0.3) is 10.0 Å². The van der Waals surface area contributed by atoms with Gasteiger partial charge in [0.05, 0.1) is 22.8 Å². The lowest BCUT2D eigenvalue weighted by Gasteiger charge is -2.24. The van der Waals surface area contributed by atoms with E-state index in [0.717, 1.165) is 23.3 Å². The average molecular weight is 468 g/mol. The lowest BCUT2D eigenvalue weighted by atomic mass is 10.1. The molecular formula is C26H29NO5S. The predicted molar refractivity (Wildman–Crippen MR) is 131 cm³/mol. The molecule has 6 nitrogen and oxygen atoms in total. The number of rotatable bonds is 10. The second-order valence-electron chi connectivity index (χ2n) is 7.78. The van der Waals surface area contributed by atoms with E-state index in [1.54, 1.807) is 19.1 Å². The topological polar surface area (TPSA) is 83.9 Å². The van der Waals surface area contributed by atoms with Crippen molar-refractivity contribution in [1.29, 1.82) is 0 Å². The molecule has 0 aliphatic carbocycles. The van der Waals surface area contributed by atoms with Gasteiger partial charge in [-0.1, -0.05) is 44.2 Å². The van der Waals surface area contributed by atoms with Crippen LogP contribution in [0, 0.1) is 6.92 Å². The van der Waals surface area contributed by atoms with E-state index in [-0.39, 0.29) is 17.0 Å². The first kappa shape index (κ1) is 24.3. The van der Waals surface area contributed by atoms with E-state index in [0.29, 0.717) is 24.3 Å². The second-order valence-corrected chi connectivity index (χ2v) is 9.64. The third-order valence-corrected chi connectivity index (χ3v) is 7.09. The first-order chi connectivity index (χ1) is 15.8. The highest BCUT2D eigenvalue weighted by Gasteiger charge is 2.26. The third-order valence-electron chi connectivity index (χ3n) is 5.27. The van der Waals surface area contributed by atoms with Crippen LogP contribution >= 0.6 is 0 Å². The Bertz CT molecular complexity index is 1200. The minimum atomic E-state index is -3.93. The Morgan fingerprint density at radius 3 is 2.06 bits per heavy atom. The summed E-state index contributed by atoms with van der Waals surface area (Å²) in [6.45, 7) is 6.55. The molecule has 0 amide bonds. The van der Waals surface area contributed by atoms with Gasteiger partial charge in [0.1, 0.15) is 5.75 Å². The van der Waals surface area contributed by atoms with Crippen molar-refractivity contribution < 1.29 is 23.1 Å². The monoisotopic (exact) mass is 467 g/mol. The molecule has 3 aromatic carbocycles. The maximum Gasteiger partial charge on any atom is 0.335 e. The summed E-state index contributed by atoms with van der Waals surface area (Å²) in [6, 6.07) is 19.3. The zero-order valence-electron chi connectivity index (χ0n) is 19.1. The van der Waals surface area contributed by atoms with Crippen LogP contribution in [0.15, 0.2) is 71.6 Å². The lowest BCUT2D eigenvalue weighted by molar-refractivity contribution is 0.0696. The van der Waals surface area contributed by atoms with Crippen LogP contribution in [-0.2, 0) is 10.0 Å². The van der Waals surface area contributed by atoms with Gasteiger partial charge < -0.3 is 9.84 Å². The van der Waals surface area contributed by atoms with Crippen molar-refractivity contribution in [2.75, 3.05) is 17.5 Å². The summed E-state index contributed by atoms with van der Waals surface area (Å²) in [7, 11) is -3.93. The number of carboxylic acids is 1. The molecule has 0 spiro atoms. The molecule has 0 unspecified atom stereocenters. The van der Waals surface area contributed by atoms with E-state index in [1.165, 1.54) is 22.5 Å². The summed E-state index contributed by atoms with van der Waals surface area (Å²) in [5, 5.41) is 9.40. The number of aromatic carboxylic acids is 1. The molecule has 0 aliphatic heterocycles. The first-order valence-corrected chi connectivity index (χ1v) is 12.4. The number of anilines is 1. The Kier molecular flexibility index (Phi) is 7.76. The molecule has 0 saturated heterocycles. The molecule has 0 heterocycles. The Morgan fingerprint density at radius 1 is 0.909 bits per heavy atom. The van der Waals surface area contributed by atoms with Crippen LogP contribution in [0.1, 0.15) is 42.6 Å². The van der Waals surface area contributed by atoms with Gasteiger partial charge in [0, 0.05) is 6.54 Å². The van der Waals surface area contributed by atoms with Crippen LogP contribution in [0.2, 0.25) is 0 Å². The number of ether oxygens (including phenoxy) is 1. The zero-order valence-corrected chi connectivity index (χ0v) is 19.9. The molecule has 0 atom stereocenters. The van der Waals surface area contributed by atoms with Crippen LogP contribution < -0.4 is 9.04 Å². The average Bonchev–Trinajstić information content (AvgIpc) is 2.81. The van der Waals surface area contributed by atoms with Gasteiger partial charge in [-0.2, -0.15) is 0 Å². The standard InChI is InChI=1S/C26H29NO5S/c1-4-16-27(33(30,31)24-15-6-19(3)25(18-24)26(28)29)22-11-7-20(8-12-22)21-9-13-23(14-10-21)32-17-5-2/h6-15,18H,4-5,16-17H2,1-3H3,(H,28,29). The predicted octanol–water partition coefficient (Wildman–Crippen LogP) is 5.75. The number of benzene rings is 3. The highest BCUT2D eigenvalue weighted by Crippen LogP contribution is 2.29. The molecular weight excluding hydrogens is 438 g/mol. The van der Waals surface area contributed by atoms with Gasteiger partial charge >= 0.3 is 5.97 Å². The van der Waals surface area contributed by atoms with Crippen LogP contribution in [0.3, 0.4) is 0 Å². The molecule has 0 aliphatic rings. The maximum atomic E-state index is 13.4. The number of hydrogen-bond acceptors (Lipinski definition) is 4. The molecule has 174 valence electrons. The molecule has 3 rings (SSSR count). The molecule has 0 bridgehead atoms. The van der Waals surface area contributed by atoms with E-state index in [4.69, 9.17) is 4.74 Å². The van der Waals surface area contributed by atoms with E-state index >= 15 is 0 Å². The van der Waals surface area contributed by atoms with E-state index in [1.807, 2.05) is 43.3 Å². The summed E-state index contributed by atoms with van der Waals surface area (Å²) < 4.78 is 33.8. The summed E-state index contributed by atoms with van der Waals surface area (Å²) in [5.41, 5.74) is 2.98. The highest BCUT2D eigenvalue weighted by molar-refractivity contribution is 7.92. The van der Waals surface area contributed by atoms with Gasteiger partial charge in [0.15, 0.2) is 0 Å². The fourth-order valence-electron chi connectivity index (χ4n) is 3.49. The van der Waals surface area contributed by atoms with Crippen LogP contribution in [-0.4, -0.2) is 32.6 Å². The SMILES string of the molecule is CCCOc1ccc(-c2ccc(N(CCC)S(=O)(=O)c3ccc(C)c(C(=O)O)c3)cc2)cc1. The van der Waals surface area contributed by atoms with Crippen molar-refractivity contribution in [2.24, 2.45) is 0 Å². The summed E-state index contributed by atoms with van der Waals surface area (Å²) in [6.07, 6.45) is 1.55. The third kappa shape index (κ3) is 5.54. The lowest BCUT2D eigenvalue weighted by Crippen LogP contribution is -2.32. The Balaban J connectivity index is 1.91. The number of sulfonamides is 1.